The van der Waals surface area contributed by atoms with Crippen LogP contribution in [0, 0.1) is 11.3 Å². The van der Waals surface area contributed by atoms with Crippen LogP contribution in [0.3, 0.4) is 0 Å². The number of nitrogens with zero attached hydrogens (tertiary/aromatic N) is 3. The molecule has 21 heavy (non-hydrogen) atoms. The summed E-state index contributed by atoms with van der Waals surface area (Å²) < 4.78 is 0. The molecule has 3 heterocycles. The molecule has 0 aromatic carbocycles. The number of hydrogen-bond acceptors (Lipinski definition) is 4. The van der Waals surface area contributed by atoms with Crippen molar-refractivity contribution in [1.82, 2.24) is 15.3 Å². The quantitative estimate of drug-likeness (QED) is 0.833. The van der Waals surface area contributed by atoms with E-state index in [1.165, 1.54) is 0 Å². The van der Waals surface area contributed by atoms with Gasteiger partial charge in [-0.15, -0.1) is 12.4 Å². The Labute approximate surface area is 134 Å². The lowest BCUT2D eigenvalue weighted by molar-refractivity contribution is 0.585. The lowest BCUT2D eigenvalue weighted by atomic mass is 10.2. The Hall–Kier alpha value is -1.74. The van der Waals surface area contributed by atoms with E-state index in [-0.39, 0.29) is 12.4 Å². The van der Waals surface area contributed by atoms with Crippen molar-refractivity contribution in [3.05, 3.63) is 35.1 Å². The number of hydrogen-bond donors (Lipinski definition) is 2. The highest BCUT2D eigenvalue weighted by Gasteiger charge is 2.17. The second-order valence-electron chi connectivity index (χ2n) is 4.66. The van der Waals surface area contributed by atoms with Crippen LogP contribution in [-0.4, -0.2) is 36.1 Å². The number of pyridine rings is 1. The lowest BCUT2D eigenvalue weighted by Crippen LogP contribution is -2.44. The fourth-order valence-corrected chi connectivity index (χ4v) is 2.57. The predicted molar refractivity (Wildman–Crippen MR) is 86.1 cm³/mol. The first kappa shape index (κ1) is 15.6. The Morgan fingerprint density at radius 2 is 2.05 bits per heavy atom. The number of nitriles is 1. The Bertz CT molecular complexity index is 656. The van der Waals surface area contributed by atoms with Crippen LogP contribution in [-0.2, 0) is 0 Å². The SMILES string of the molecule is Cl.N#Cc1cc(-c2ccnc(Cl)c2)[nH]c1N1CCNCC1. The van der Waals surface area contributed by atoms with Crippen molar-refractivity contribution in [2.24, 2.45) is 0 Å². The van der Waals surface area contributed by atoms with E-state index in [2.05, 4.69) is 26.3 Å². The first-order valence-corrected chi connectivity index (χ1v) is 6.86. The second kappa shape index (κ2) is 6.81. The summed E-state index contributed by atoms with van der Waals surface area (Å²) in [5.41, 5.74) is 2.48. The van der Waals surface area contributed by atoms with E-state index >= 15 is 0 Å². The van der Waals surface area contributed by atoms with E-state index in [9.17, 15) is 5.26 Å². The van der Waals surface area contributed by atoms with Crippen molar-refractivity contribution in [1.29, 1.82) is 5.26 Å². The number of anilines is 1. The van der Waals surface area contributed by atoms with Gasteiger partial charge in [0.25, 0.3) is 0 Å². The summed E-state index contributed by atoms with van der Waals surface area (Å²) in [5, 5.41) is 13.1. The molecule has 1 saturated heterocycles. The molecule has 2 N–H and O–H groups in total. The van der Waals surface area contributed by atoms with Crippen molar-refractivity contribution in [2.75, 3.05) is 31.1 Å². The minimum atomic E-state index is 0. The molecule has 0 unspecified atom stereocenters. The number of rotatable bonds is 2. The van der Waals surface area contributed by atoms with Crippen LogP contribution in [0.25, 0.3) is 11.3 Å². The molecule has 0 atom stereocenters. The Morgan fingerprint density at radius 1 is 1.29 bits per heavy atom. The maximum Gasteiger partial charge on any atom is 0.129 e. The number of aromatic nitrogens is 2. The highest BCUT2D eigenvalue weighted by atomic mass is 35.5. The normalized spacial score (nSPS) is 14.4. The predicted octanol–water partition coefficient (Wildman–Crippen LogP) is 2.43. The molecule has 0 radical (unpaired) electrons. The summed E-state index contributed by atoms with van der Waals surface area (Å²) in [6, 6.07) is 7.78. The number of halogens is 2. The summed E-state index contributed by atoms with van der Waals surface area (Å²) in [4.78, 5) is 9.50. The van der Waals surface area contributed by atoms with Crippen molar-refractivity contribution < 1.29 is 0 Å². The van der Waals surface area contributed by atoms with E-state index in [1.54, 1.807) is 12.3 Å². The first-order valence-electron chi connectivity index (χ1n) is 6.48. The monoisotopic (exact) mass is 323 g/mol. The molecule has 3 rings (SSSR count). The van der Waals surface area contributed by atoms with E-state index in [1.807, 2.05) is 12.1 Å². The van der Waals surface area contributed by atoms with E-state index in [0.717, 1.165) is 43.3 Å². The van der Waals surface area contributed by atoms with Gasteiger partial charge in [-0.2, -0.15) is 5.26 Å². The molecule has 5 nitrogen and oxygen atoms in total. The van der Waals surface area contributed by atoms with Crippen molar-refractivity contribution in [2.45, 2.75) is 0 Å². The summed E-state index contributed by atoms with van der Waals surface area (Å²) >= 11 is 5.92. The third-order valence-electron chi connectivity index (χ3n) is 3.39. The third kappa shape index (κ3) is 3.30. The lowest BCUT2D eigenvalue weighted by Gasteiger charge is -2.28. The van der Waals surface area contributed by atoms with Gasteiger partial charge in [-0.1, -0.05) is 11.6 Å². The zero-order chi connectivity index (χ0) is 13.9. The summed E-state index contributed by atoms with van der Waals surface area (Å²) in [6.45, 7) is 3.65. The van der Waals surface area contributed by atoms with Crippen LogP contribution in [0.5, 0.6) is 0 Å². The number of nitrogens with one attached hydrogen (secondary N) is 2. The molecule has 0 aliphatic carbocycles. The molecular formula is C14H15Cl2N5. The van der Waals surface area contributed by atoms with Gasteiger partial charge in [0.2, 0.25) is 0 Å². The zero-order valence-electron chi connectivity index (χ0n) is 11.3. The molecule has 2 aromatic rings. The highest BCUT2D eigenvalue weighted by Crippen LogP contribution is 2.28. The van der Waals surface area contributed by atoms with Gasteiger partial charge in [-0.05, 0) is 18.2 Å². The average molecular weight is 324 g/mol. The number of H-pyrrole nitrogens is 1. The van der Waals surface area contributed by atoms with Gasteiger partial charge in [0.15, 0.2) is 0 Å². The maximum atomic E-state index is 9.31. The molecule has 1 aliphatic heterocycles. The van der Waals surface area contributed by atoms with Crippen molar-refractivity contribution >= 4 is 29.8 Å². The fraction of sp³-hybridized carbons (Fsp3) is 0.286. The molecule has 1 aliphatic rings. The summed E-state index contributed by atoms with van der Waals surface area (Å²) in [5.74, 6) is 0.886. The van der Waals surface area contributed by atoms with Gasteiger partial charge in [0, 0.05) is 43.6 Å². The Balaban J connectivity index is 0.00000161. The molecular weight excluding hydrogens is 309 g/mol. The van der Waals surface area contributed by atoms with Crippen LogP contribution in [0.4, 0.5) is 5.82 Å². The van der Waals surface area contributed by atoms with Crippen LogP contribution < -0.4 is 10.2 Å². The summed E-state index contributed by atoms with van der Waals surface area (Å²) in [7, 11) is 0. The molecule has 1 fully saturated rings. The minimum absolute atomic E-state index is 0. The van der Waals surface area contributed by atoms with Crippen LogP contribution in [0.2, 0.25) is 5.15 Å². The standard InChI is InChI=1S/C14H14ClN5.ClH/c15-13-8-10(1-2-18-13)12-7-11(9-16)14(19-12)20-5-3-17-4-6-20;/h1-2,7-8,17,19H,3-6H2;1H. The fourth-order valence-electron chi connectivity index (χ4n) is 2.39. The topological polar surface area (TPSA) is 67.7 Å². The number of aromatic amines is 1. The minimum Gasteiger partial charge on any atom is -0.355 e. The van der Waals surface area contributed by atoms with Crippen LogP contribution >= 0.6 is 24.0 Å². The van der Waals surface area contributed by atoms with Gasteiger partial charge in [0.1, 0.15) is 17.0 Å². The van der Waals surface area contributed by atoms with Gasteiger partial charge in [-0.3, -0.25) is 0 Å². The van der Waals surface area contributed by atoms with E-state index < -0.39 is 0 Å². The average Bonchev–Trinajstić information content (AvgIpc) is 2.92. The largest absolute Gasteiger partial charge is 0.355 e. The Kier molecular flexibility index (Phi) is 5.07. The molecule has 110 valence electrons. The second-order valence-corrected chi connectivity index (χ2v) is 5.05. The summed E-state index contributed by atoms with van der Waals surface area (Å²) in [6.07, 6.45) is 1.66. The van der Waals surface area contributed by atoms with Gasteiger partial charge in [0.05, 0.1) is 5.56 Å². The van der Waals surface area contributed by atoms with Gasteiger partial charge in [-0.25, -0.2) is 4.98 Å². The van der Waals surface area contributed by atoms with Gasteiger partial charge >= 0.3 is 0 Å². The molecule has 2 aromatic heterocycles. The third-order valence-corrected chi connectivity index (χ3v) is 3.59. The molecule has 7 heteroatoms. The van der Waals surface area contributed by atoms with E-state index in [0.29, 0.717) is 10.7 Å². The highest BCUT2D eigenvalue weighted by molar-refractivity contribution is 6.29. The molecule has 0 saturated carbocycles. The van der Waals surface area contributed by atoms with Crippen molar-refractivity contribution in [3.63, 3.8) is 0 Å². The number of piperazine rings is 1. The van der Waals surface area contributed by atoms with E-state index in [4.69, 9.17) is 11.6 Å². The van der Waals surface area contributed by atoms with Crippen LogP contribution in [0.15, 0.2) is 24.4 Å². The maximum absolute atomic E-state index is 9.31. The Morgan fingerprint density at radius 3 is 2.71 bits per heavy atom. The zero-order valence-corrected chi connectivity index (χ0v) is 12.8. The molecule has 0 amide bonds. The molecule has 0 spiro atoms. The smallest absolute Gasteiger partial charge is 0.129 e. The van der Waals surface area contributed by atoms with Gasteiger partial charge < -0.3 is 15.2 Å². The van der Waals surface area contributed by atoms with Crippen LogP contribution in [0.1, 0.15) is 5.56 Å². The van der Waals surface area contributed by atoms with Crippen molar-refractivity contribution in [3.8, 4) is 17.3 Å². The first-order chi connectivity index (χ1) is 9.78. The molecule has 0 bridgehead atoms.